The van der Waals surface area contributed by atoms with Crippen molar-refractivity contribution < 1.29 is 4.39 Å². The van der Waals surface area contributed by atoms with E-state index in [-0.39, 0.29) is 11.7 Å². The van der Waals surface area contributed by atoms with Crippen LogP contribution in [0.15, 0.2) is 35.2 Å². The van der Waals surface area contributed by atoms with Crippen LogP contribution < -0.4 is 0 Å². The van der Waals surface area contributed by atoms with Gasteiger partial charge in [0.05, 0.1) is 0 Å². The van der Waals surface area contributed by atoms with Gasteiger partial charge < -0.3 is 0 Å². The summed E-state index contributed by atoms with van der Waals surface area (Å²) in [5.74, 6) is -0.161. The van der Waals surface area contributed by atoms with Crippen LogP contribution in [-0.2, 0) is 0 Å². The average Bonchev–Trinajstić information content (AvgIpc) is 2.14. The minimum absolute atomic E-state index is 0.0637. The smallest absolute Gasteiger partial charge is 0.107 e. The van der Waals surface area contributed by atoms with Crippen LogP contribution >= 0.6 is 0 Å². The van der Waals surface area contributed by atoms with Crippen molar-refractivity contribution in [1.29, 1.82) is 0 Å². The van der Waals surface area contributed by atoms with Gasteiger partial charge in [0.15, 0.2) is 0 Å². The Morgan fingerprint density at radius 2 is 1.69 bits per heavy atom. The van der Waals surface area contributed by atoms with Crippen LogP contribution in [0.2, 0.25) is 0 Å². The van der Waals surface area contributed by atoms with Crippen molar-refractivity contribution in [3.8, 4) is 0 Å². The van der Waals surface area contributed by atoms with E-state index in [1.807, 2.05) is 46.8 Å². The second-order valence-corrected chi connectivity index (χ2v) is 3.32. The lowest BCUT2D eigenvalue weighted by Crippen LogP contribution is -1.96. The largest absolute Gasteiger partial charge is 0.211 e. The van der Waals surface area contributed by atoms with Gasteiger partial charge in [0.1, 0.15) is 5.83 Å². The molecule has 0 bridgehead atoms. The zero-order valence-electron chi connectivity index (χ0n) is 9.19. The number of hydrogen-bond acceptors (Lipinski definition) is 0. The number of hydrogen-bond donors (Lipinski definition) is 0. The van der Waals surface area contributed by atoms with E-state index in [2.05, 4.69) is 0 Å². The summed E-state index contributed by atoms with van der Waals surface area (Å²) < 4.78 is 13.5. The fourth-order valence-corrected chi connectivity index (χ4v) is 0.893. The van der Waals surface area contributed by atoms with Gasteiger partial charge in [-0.2, -0.15) is 0 Å². The van der Waals surface area contributed by atoms with Crippen molar-refractivity contribution in [2.75, 3.05) is 0 Å². The Labute approximate surface area is 80.9 Å². The third-order valence-corrected chi connectivity index (χ3v) is 2.37. The molecule has 0 spiro atoms. The lowest BCUT2D eigenvalue weighted by Gasteiger charge is -2.09. The first-order valence-corrected chi connectivity index (χ1v) is 4.65. The minimum Gasteiger partial charge on any atom is -0.211 e. The topological polar surface area (TPSA) is 0 Å². The van der Waals surface area contributed by atoms with Crippen LogP contribution in [0.1, 0.15) is 34.6 Å². The molecule has 74 valence electrons. The molecule has 0 aliphatic heterocycles. The summed E-state index contributed by atoms with van der Waals surface area (Å²) in [4.78, 5) is 0. The molecular weight excluding hydrogens is 163 g/mol. The normalized spacial score (nSPS) is 17.5. The van der Waals surface area contributed by atoms with E-state index in [4.69, 9.17) is 0 Å². The highest BCUT2D eigenvalue weighted by atomic mass is 19.1. The number of rotatable bonds is 3. The molecule has 1 unspecified atom stereocenters. The molecule has 0 radical (unpaired) electrons. The molecule has 0 aliphatic rings. The van der Waals surface area contributed by atoms with Crippen molar-refractivity contribution in [1.82, 2.24) is 0 Å². The molecule has 0 saturated carbocycles. The summed E-state index contributed by atoms with van der Waals surface area (Å²) in [6, 6.07) is 0. The molecule has 0 saturated heterocycles. The number of allylic oxidation sites excluding steroid dienone is 6. The van der Waals surface area contributed by atoms with Crippen LogP contribution in [0.5, 0.6) is 0 Å². The minimum atomic E-state index is -0.0973. The Morgan fingerprint density at radius 3 is 2.08 bits per heavy atom. The van der Waals surface area contributed by atoms with E-state index in [1.165, 1.54) is 0 Å². The summed E-state index contributed by atoms with van der Waals surface area (Å²) in [5, 5.41) is 0. The Balaban J connectivity index is 4.60. The highest BCUT2D eigenvalue weighted by Crippen LogP contribution is 2.21. The molecule has 1 atom stereocenters. The standard InChI is InChI=1S/C12H19F/c1-6-9(3)8-12(13)11(5)10(4)7-2/h6-8,11H,1-5H3/b9-6-,10-7+,12-8+. The van der Waals surface area contributed by atoms with E-state index in [0.29, 0.717) is 0 Å². The first-order valence-electron chi connectivity index (χ1n) is 4.65. The molecule has 1 heteroatoms. The summed E-state index contributed by atoms with van der Waals surface area (Å²) in [6.07, 6.45) is 5.44. The molecule has 13 heavy (non-hydrogen) atoms. The molecule has 0 fully saturated rings. The van der Waals surface area contributed by atoms with Gasteiger partial charge in [-0.1, -0.05) is 30.2 Å². The molecule has 0 aromatic carbocycles. The van der Waals surface area contributed by atoms with Crippen LogP contribution in [0.25, 0.3) is 0 Å². The quantitative estimate of drug-likeness (QED) is 0.448. The van der Waals surface area contributed by atoms with Crippen molar-refractivity contribution in [2.45, 2.75) is 34.6 Å². The van der Waals surface area contributed by atoms with Crippen LogP contribution in [-0.4, -0.2) is 0 Å². The Morgan fingerprint density at radius 1 is 1.15 bits per heavy atom. The third-order valence-electron chi connectivity index (χ3n) is 2.37. The van der Waals surface area contributed by atoms with E-state index >= 15 is 0 Å². The Hall–Kier alpha value is -0.850. The lowest BCUT2D eigenvalue weighted by molar-refractivity contribution is 0.533. The fraction of sp³-hybridized carbons (Fsp3) is 0.500. The highest BCUT2D eigenvalue weighted by Gasteiger charge is 2.08. The second-order valence-electron chi connectivity index (χ2n) is 3.32. The van der Waals surface area contributed by atoms with E-state index < -0.39 is 0 Å². The van der Waals surface area contributed by atoms with Crippen molar-refractivity contribution in [3.05, 3.63) is 35.2 Å². The maximum Gasteiger partial charge on any atom is 0.107 e. The van der Waals surface area contributed by atoms with Gasteiger partial charge in [0.25, 0.3) is 0 Å². The molecule has 0 amide bonds. The summed E-state index contributed by atoms with van der Waals surface area (Å²) >= 11 is 0. The summed E-state index contributed by atoms with van der Waals surface area (Å²) in [6.45, 7) is 9.57. The molecular formula is C12H19F. The molecule has 0 heterocycles. The average molecular weight is 182 g/mol. The highest BCUT2D eigenvalue weighted by molar-refractivity contribution is 5.23. The van der Waals surface area contributed by atoms with Gasteiger partial charge >= 0.3 is 0 Å². The van der Waals surface area contributed by atoms with Crippen molar-refractivity contribution >= 4 is 0 Å². The zero-order chi connectivity index (χ0) is 10.4. The predicted octanol–water partition coefficient (Wildman–Crippen LogP) is 4.41. The molecule has 0 nitrogen and oxygen atoms in total. The van der Waals surface area contributed by atoms with Crippen molar-refractivity contribution in [3.63, 3.8) is 0 Å². The third kappa shape index (κ3) is 4.07. The van der Waals surface area contributed by atoms with Gasteiger partial charge in [-0.25, -0.2) is 4.39 Å². The van der Waals surface area contributed by atoms with E-state index in [0.717, 1.165) is 11.1 Å². The fourth-order valence-electron chi connectivity index (χ4n) is 0.893. The molecule has 0 aromatic heterocycles. The van der Waals surface area contributed by atoms with Gasteiger partial charge in [0.2, 0.25) is 0 Å². The van der Waals surface area contributed by atoms with Crippen LogP contribution in [0.4, 0.5) is 4.39 Å². The first kappa shape index (κ1) is 12.2. The zero-order valence-corrected chi connectivity index (χ0v) is 9.19. The Kier molecular flexibility index (Phi) is 5.36. The van der Waals surface area contributed by atoms with Crippen LogP contribution in [0, 0.1) is 5.92 Å². The summed E-state index contributed by atoms with van der Waals surface area (Å²) in [5.41, 5.74) is 2.03. The monoisotopic (exact) mass is 182 g/mol. The SMILES string of the molecule is C/C=C(C)\C=C(\F)C(C)/C(C)=C/C. The first-order chi connectivity index (χ1) is 6.02. The summed E-state index contributed by atoms with van der Waals surface area (Å²) in [7, 11) is 0. The molecule has 0 aliphatic carbocycles. The number of halogens is 1. The van der Waals surface area contributed by atoms with E-state index in [1.54, 1.807) is 6.08 Å². The Bertz CT molecular complexity index is 244. The predicted molar refractivity (Wildman–Crippen MR) is 57.2 cm³/mol. The maximum absolute atomic E-state index is 13.5. The van der Waals surface area contributed by atoms with Gasteiger partial charge in [-0.3, -0.25) is 0 Å². The van der Waals surface area contributed by atoms with Gasteiger partial charge in [-0.05, 0) is 33.8 Å². The van der Waals surface area contributed by atoms with E-state index in [9.17, 15) is 4.39 Å². The maximum atomic E-state index is 13.5. The molecule has 0 rings (SSSR count). The van der Waals surface area contributed by atoms with Gasteiger partial charge in [-0.15, -0.1) is 0 Å². The van der Waals surface area contributed by atoms with Crippen molar-refractivity contribution in [2.24, 2.45) is 5.92 Å². The molecule has 0 N–H and O–H groups in total. The van der Waals surface area contributed by atoms with Crippen LogP contribution in [0.3, 0.4) is 0 Å². The second kappa shape index (κ2) is 5.74. The molecule has 0 aromatic rings. The van der Waals surface area contributed by atoms with Gasteiger partial charge in [0, 0.05) is 5.92 Å². The lowest BCUT2D eigenvalue weighted by atomic mass is 10.00.